The van der Waals surface area contributed by atoms with Gasteiger partial charge in [0.25, 0.3) is 15.9 Å². The average Bonchev–Trinajstić information content (AvgIpc) is 3.36. The third-order valence-corrected chi connectivity index (χ3v) is 7.46. The number of hydrogen-bond donors (Lipinski definition) is 1. The predicted octanol–water partition coefficient (Wildman–Crippen LogP) is 3.80. The molecule has 11 heteroatoms. The maximum Gasteiger partial charge on any atom is 0.271 e. The smallest absolute Gasteiger partial charge is 0.271 e. The first kappa shape index (κ1) is 25.6. The lowest BCUT2D eigenvalue weighted by molar-refractivity contribution is -0.120. The molecule has 1 amide bonds. The van der Waals surface area contributed by atoms with E-state index in [9.17, 15) is 18.5 Å². The summed E-state index contributed by atoms with van der Waals surface area (Å²) in [6, 6.07) is 14.5. The molecule has 1 aromatic heterocycles. The normalized spacial score (nSPS) is 17.0. The van der Waals surface area contributed by atoms with E-state index in [2.05, 4.69) is 0 Å². The van der Waals surface area contributed by atoms with Gasteiger partial charge in [-0.05, 0) is 42.6 Å². The molecule has 2 N–H and O–H groups in total. The molecule has 4 rings (SSSR count). The number of rotatable bonds is 5. The minimum Gasteiger partial charge on any atom is -0.493 e. The molecule has 0 radical (unpaired) electrons. The van der Waals surface area contributed by atoms with Gasteiger partial charge >= 0.3 is 0 Å². The van der Waals surface area contributed by atoms with Gasteiger partial charge in [-0.25, -0.2) is 12.7 Å². The minimum absolute atomic E-state index is 0. The molecule has 1 unspecified atom stereocenters. The number of carbonyl (C=O) groups excluding carboxylic acids is 1. The Balaban J connectivity index is 0.00000181. The predicted molar refractivity (Wildman–Crippen MR) is 127 cm³/mol. The molecule has 2 aromatic carbocycles. The van der Waals surface area contributed by atoms with E-state index in [-0.39, 0.29) is 46.5 Å². The second-order valence-corrected chi connectivity index (χ2v) is 9.18. The number of nitrogens with zero attached hydrogens (tertiary/aromatic N) is 2. The summed E-state index contributed by atoms with van der Waals surface area (Å²) in [7, 11) is -4.19. The Morgan fingerprint density at radius 2 is 1.88 bits per heavy atom. The highest BCUT2D eigenvalue weighted by Crippen LogP contribution is 2.47. The van der Waals surface area contributed by atoms with Crippen molar-refractivity contribution < 1.29 is 17.9 Å². The van der Waals surface area contributed by atoms with Crippen LogP contribution >= 0.6 is 36.2 Å². The van der Waals surface area contributed by atoms with Crippen LogP contribution in [0.5, 0.6) is 5.75 Å². The van der Waals surface area contributed by atoms with Crippen molar-refractivity contribution in [1.29, 1.82) is 5.26 Å². The van der Waals surface area contributed by atoms with Crippen molar-refractivity contribution in [1.82, 2.24) is 0 Å². The van der Waals surface area contributed by atoms with Crippen LogP contribution in [0, 0.1) is 11.3 Å². The second-order valence-electron chi connectivity index (χ2n) is 6.61. The van der Waals surface area contributed by atoms with Crippen LogP contribution in [-0.4, -0.2) is 20.9 Å². The van der Waals surface area contributed by atoms with E-state index in [0.29, 0.717) is 17.9 Å². The average molecular weight is 512 g/mol. The van der Waals surface area contributed by atoms with E-state index in [1.165, 1.54) is 41.0 Å². The molecule has 32 heavy (non-hydrogen) atoms. The highest BCUT2D eigenvalue weighted by Gasteiger charge is 2.55. The first-order valence-electron chi connectivity index (χ1n) is 9.03. The van der Waals surface area contributed by atoms with E-state index in [1.807, 2.05) is 6.07 Å². The summed E-state index contributed by atoms with van der Waals surface area (Å²) in [4.78, 5) is 13.7. The number of fused-ring (bicyclic) bond motifs is 1. The summed E-state index contributed by atoms with van der Waals surface area (Å²) in [6.07, 6.45) is 0. The molecule has 1 atom stereocenters. The standard InChI is InChI=1S/C21H17N3O4S2.2ClH/c1-2-28-19-6-4-3-5-16(19)21(23)17-11-14(12-22)7-8-18(17)24(20(21)25)30(26,27)15-9-10-29-13-15;;/h3-11,13H,2,23H2,1H3;2*1H. The Kier molecular flexibility index (Phi) is 7.60. The molecule has 0 saturated carbocycles. The number of hydrogen-bond acceptors (Lipinski definition) is 7. The first-order valence-corrected chi connectivity index (χ1v) is 11.4. The van der Waals surface area contributed by atoms with Crippen LogP contribution in [0.15, 0.2) is 64.2 Å². The van der Waals surface area contributed by atoms with Crippen LogP contribution in [0.2, 0.25) is 0 Å². The Hall–Kier alpha value is -2.61. The largest absolute Gasteiger partial charge is 0.493 e. The van der Waals surface area contributed by atoms with Gasteiger partial charge in [0.2, 0.25) is 0 Å². The molecular formula is C21H19Cl2N3O4S2. The molecular weight excluding hydrogens is 493 g/mol. The number of benzene rings is 2. The van der Waals surface area contributed by atoms with Crippen molar-refractivity contribution in [3.63, 3.8) is 0 Å². The zero-order valence-electron chi connectivity index (χ0n) is 16.7. The molecule has 1 aliphatic heterocycles. The summed E-state index contributed by atoms with van der Waals surface area (Å²) in [6.45, 7) is 2.13. The number of halogens is 2. The topological polar surface area (TPSA) is 113 Å². The zero-order chi connectivity index (χ0) is 21.5. The SMILES string of the molecule is CCOc1ccccc1C1(N)C(=O)N(S(=O)(=O)c2ccsc2)c2ccc(C#N)cc21.Cl.Cl. The molecule has 168 valence electrons. The Bertz CT molecular complexity index is 1290. The fourth-order valence-corrected chi connectivity index (χ4v) is 6.05. The fraction of sp³-hybridized carbons (Fsp3) is 0.143. The van der Waals surface area contributed by atoms with Gasteiger partial charge in [-0.2, -0.15) is 16.6 Å². The van der Waals surface area contributed by atoms with Gasteiger partial charge < -0.3 is 10.5 Å². The maximum absolute atomic E-state index is 13.7. The molecule has 0 saturated heterocycles. The summed E-state index contributed by atoms with van der Waals surface area (Å²) >= 11 is 1.21. The van der Waals surface area contributed by atoms with Crippen LogP contribution < -0.4 is 14.8 Å². The number of nitriles is 1. The quantitative estimate of drug-likeness (QED) is 0.557. The van der Waals surface area contributed by atoms with Crippen molar-refractivity contribution in [3.05, 3.63) is 76.0 Å². The van der Waals surface area contributed by atoms with E-state index in [4.69, 9.17) is 10.5 Å². The minimum atomic E-state index is -4.19. The number of ether oxygens (including phenoxy) is 1. The molecule has 0 fully saturated rings. The zero-order valence-corrected chi connectivity index (χ0v) is 20.0. The number of para-hydroxylation sites is 1. The highest BCUT2D eigenvalue weighted by atomic mass is 35.5. The Labute approximate surface area is 202 Å². The highest BCUT2D eigenvalue weighted by molar-refractivity contribution is 7.93. The van der Waals surface area contributed by atoms with Crippen LogP contribution in [0.1, 0.15) is 23.6 Å². The van der Waals surface area contributed by atoms with E-state index in [1.54, 1.807) is 36.6 Å². The van der Waals surface area contributed by atoms with Gasteiger partial charge in [0, 0.05) is 16.5 Å². The van der Waals surface area contributed by atoms with Gasteiger partial charge in [-0.15, -0.1) is 24.8 Å². The van der Waals surface area contributed by atoms with Crippen LogP contribution in [0.25, 0.3) is 0 Å². The van der Waals surface area contributed by atoms with Crippen molar-refractivity contribution in [2.45, 2.75) is 17.4 Å². The molecule has 7 nitrogen and oxygen atoms in total. The second kappa shape index (κ2) is 9.48. The monoisotopic (exact) mass is 511 g/mol. The lowest BCUT2D eigenvalue weighted by Crippen LogP contribution is -2.49. The van der Waals surface area contributed by atoms with E-state index < -0.39 is 21.5 Å². The Morgan fingerprint density at radius 3 is 2.50 bits per heavy atom. The summed E-state index contributed by atoms with van der Waals surface area (Å²) in [5.74, 6) is -0.454. The van der Waals surface area contributed by atoms with Gasteiger partial charge in [0.1, 0.15) is 5.75 Å². The van der Waals surface area contributed by atoms with Crippen molar-refractivity contribution in [2.24, 2.45) is 5.73 Å². The maximum atomic E-state index is 13.7. The number of carbonyl (C=O) groups is 1. The molecule has 2 heterocycles. The molecule has 0 spiro atoms. The van der Waals surface area contributed by atoms with Crippen LogP contribution in [-0.2, 0) is 20.4 Å². The van der Waals surface area contributed by atoms with Crippen LogP contribution in [0.3, 0.4) is 0 Å². The lowest BCUT2D eigenvalue weighted by Gasteiger charge is -2.26. The van der Waals surface area contributed by atoms with Crippen LogP contribution in [0.4, 0.5) is 5.69 Å². The number of anilines is 1. The molecule has 3 aromatic rings. The van der Waals surface area contributed by atoms with Gasteiger partial charge in [-0.3, -0.25) is 4.79 Å². The number of nitrogens with two attached hydrogens (primary N) is 1. The fourth-order valence-electron chi connectivity index (χ4n) is 3.56. The van der Waals surface area contributed by atoms with E-state index in [0.717, 1.165) is 4.31 Å². The number of amides is 1. The van der Waals surface area contributed by atoms with Gasteiger partial charge in [-0.1, -0.05) is 18.2 Å². The first-order chi connectivity index (χ1) is 14.4. The third kappa shape index (κ3) is 3.74. The third-order valence-electron chi connectivity index (χ3n) is 4.94. The lowest BCUT2D eigenvalue weighted by atomic mass is 9.83. The molecule has 0 aliphatic carbocycles. The summed E-state index contributed by atoms with van der Waals surface area (Å²) in [5.41, 5.74) is 5.80. The summed E-state index contributed by atoms with van der Waals surface area (Å²) in [5, 5.41) is 12.4. The van der Waals surface area contributed by atoms with Crippen molar-refractivity contribution in [2.75, 3.05) is 10.9 Å². The molecule has 0 bridgehead atoms. The van der Waals surface area contributed by atoms with E-state index >= 15 is 0 Å². The van der Waals surface area contributed by atoms with Crippen molar-refractivity contribution in [3.8, 4) is 11.8 Å². The summed E-state index contributed by atoms with van der Waals surface area (Å²) < 4.78 is 33.0. The van der Waals surface area contributed by atoms with Gasteiger partial charge in [0.15, 0.2) is 5.54 Å². The Morgan fingerprint density at radius 1 is 1.16 bits per heavy atom. The van der Waals surface area contributed by atoms with Gasteiger partial charge in [0.05, 0.1) is 28.8 Å². The number of sulfonamides is 1. The molecule has 1 aliphatic rings. The van der Waals surface area contributed by atoms with Crippen molar-refractivity contribution >= 4 is 57.8 Å². The number of thiophene rings is 1.